The number of rotatable bonds is 11. The molecule has 0 heterocycles. The number of hydrogen-bond acceptors (Lipinski definition) is 4. The van der Waals surface area contributed by atoms with Gasteiger partial charge in [0.1, 0.15) is 5.75 Å². The highest BCUT2D eigenvalue weighted by Gasteiger charge is 1.98. The molecule has 1 aromatic rings. The second-order valence-corrected chi connectivity index (χ2v) is 5.08. The molecule has 1 rings (SSSR count). The fourth-order valence-corrected chi connectivity index (χ4v) is 1.83. The minimum absolute atomic E-state index is 0.225. The van der Waals surface area contributed by atoms with E-state index in [0.29, 0.717) is 0 Å². The molecule has 0 saturated heterocycles. The van der Waals surface area contributed by atoms with E-state index in [0.717, 1.165) is 45.0 Å². The lowest BCUT2D eigenvalue weighted by molar-refractivity contribution is 0.194. The van der Waals surface area contributed by atoms with E-state index in [1.165, 1.54) is 5.56 Å². The zero-order valence-corrected chi connectivity index (χ0v) is 12.9. The van der Waals surface area contributed by atoms with Crippen LogP contribution < -0.4 is 15.4 Å². The number of hydrogen-bond donors (Lipinski definition) is 2. The Bertz CT molecular complexity index is 339. The first-order valence-electron chi connectivity index (χ1n) is 7.38. The van der Waals surface area contributed by atoms with Crippen molar-refractivity contribution in [3.8, 4) is 5.75 Å². The SMILES string of the molecule is COCCCNCCNCc1ccc(OC(C)C)cc1. The summed E-state index contributed by atoms with van der Waals surface area (Å²) in [6, 6.07) is 8.27. The smallest absolute Gasteiger partial charge is 0.119 e. The van der Waals surface area contributed by atoms with Crippen LogP contribution in [0.3, 0.4) is 0 Å². The minimum Gasteiger partial charge on any atom is -0.491 e. The first-order valence-corrected chi connectivity index (χ1v) is 7.38. The lowest BCUT2D eigenvalue weighted by Crippen LogP contribution is -2.28. The Hall–Kier alpha value is -1.10. The second kappa shape index (κ2) is 10.7. The van der Waals surface area contributed by atoms with Crippen LogP contribution in [0.4, 0.5) is 0 Å². The summed E-state index contributed by atoms with van der Waals surface area (Å²) < 4.78 is 10.6. The predicted octanol–water partition coefficient (Wildman–Crippen LogP) is 2.19. The first kappa shape index (κ1) is 17.0. The maximum atomic E-state index is 5.62. The Morgan fingerprint density at radius 2 is 1.70 bits per heavy atom. The van der Waals surface area contributed by atoms with Crippen LogP contribution in [-0.2, 0) is 11.3 Å². The van der Waals surface area contributed by atoms with Crippen LogP contribution in [0.15, 0.2) is 24.3 Å². The molecule has 0 unspecified atom stereocenters. The number of methoxy groups -OCH3 is 1. The first-order chi connectivity index (χ1) is 9.72. The molecule has 4 nitrogen and oxygen atoms in total. The van der Waals surface area contributed by atoms with Gasteiger partial charge in [-0.3, -0.25) is 0 Å². The lowest BCUT2D eigenvalue weighted by Gasteiger charge is -2.10. The van der Waals surface area contributed by atoms with Gasteiger partial charge in [-0.2, -0.15) is 0 Å². The molecule has 4 heteroatoms. The third-order valence-corrected chi connectivity index (χ3v) is 2.80. The quantitative estimate of drug-likeness (QED) is 0.610. The summed E-state index contributed by atoms with van der Waals surface area (Å²) in [5.41, 5.74) is 1.28. The molecule has 0 aliphatic rings. The molecule has 0 atom stereocenters. The van der Waals surface area contributed by atoms with Crippen LogP contribution in [-0.4, -0.2) is 39.5 Å². The van der Waals surface area contributed by atoms with Crippen molar-refractivity contribution in [2.24, 2.45) is 0 Å². The van der Waals surface area contributed by atoms with E-state index in [4.69, 9.17) is 9.47 Å². The Labute approximate surface area is 122 Å². The van der Waals surface area contributed by atoms with Gasteiger partial charge in [0.15, 0.2) is 0 Å². The van der Waals surface area contributed by atoms with Crippen LogP contribution in [0.5, 0.6) is 5.75 Å². The van der Waals surface area contributed by atoms with Gasteiger partial charge in [0, 0.05) is 33.4 Å². The Kier molecular flexibility index (Phi) is 9.04. The average Bonchev–Trinajstić information content (AvgIpc) is 2.43. The minimum atomic E-state index is 0.225. The molecule has 2 N–H and O–H groups in total. The fraction of sp³-hybridized carbons (Fsp3) is 0.625. The van der Waals surface area contributed by atoms with Gasteiger partial charge in [-0.05, 0) is 44.5 Å². The molecule has 0 amide bonds. The van der Waals surface area contributed by atoms with Gasteiger partial charge >= 0.3 is 0 Å². The van der Waals surface area contributed by atoms with Crippen LogP contribution >= 0.6 is 0 Å². The van der Waals surface area contributed by atoms with E-state index in [1.54, 1.807) is 7.11 Å². The van der Waals surface area contributed by atoms with Gasteiger partial charge in [0.25, 0.3) is 0 Å². The largest absolute Gasteiger partial charge is 0.491 e. The van der Waals surface area contributed by atoms with Crippen LogP contribution in [0.2, 0.25) is 0 Å². The molecule has 0 spiro atoms. The molecule has 0 fully saturated rings. The predicted molar refractivity (Wildman–Crippen MR) is 83.3 cm³/mol. The molecule has 20 heavy (non-hydrogen) atoms. The van der Waals surface area contributed by atoms with Crippen LogP contribution in [0, 0.1) is 0 Å². The van der Waals surface area contributed by atoms with Gasteiger partial charge in [-0.1, -0.05) is 12.1 Å². The van der Waals surface area contributed by atoms with E-state index in [1.807, 2.05) is 26.0 Å². The van der Waals surface area contributed by atoms with E-state index in [-0.39, 0.29) is 6.10 Å². The topological polar surface area (TPSA) is 42.5 Å². The number of benzene rings is 1. The van der Waals surface area contributed by atoms with Crippen molar-refractivity contribution in [2.45, 2.75) is 32.9 Å². The Balaban J connectivity index is 2.07. The van der Waals surface area contributed by atoms with E-state index < -0.39 is 0 Å². The van der Waals surface area contributed by atoms with Crippen molar-refractivity contribution >= 4 is 0 Å². The van der Waals surface area contributed by atoms with Crippen molar-refractivity contribution in [1.82, 2.24) is 10.6 Å². The Morgan fingerprint density at radius 3 is 2.35 bits per heavy atom. The zero-order valence-electron chi connectivity index (χ0n) is 12.9. The molecule has 0 saturated carbocycles. The maximum Gasteiger partial charge on any atom is 0.119 e. The molecule has 1 aromatic carbocycles. The van der Waals surface area contributed by atoms with Gasteiger partial charge in [0.2, 0.25) is 0 Å². The molecule has 114 valence electrons. The summed E-state index contributed by atoms with van der Waals surface area (Å²) in [6.45, 7) is 8.75. The molecular formula is C16H28N2O2. The Morgan fingerprint density at radius 1 is 1.00 bits per heavy atom. The summed E-state index contributed by atoms with van der Waals surface area (Å²) in [4.78, 5) is 0. The summed E-state index contributed by atoms with van der Waals surface area (Å²) in [5.74, 6) is 0.934. The van der Waals surface area contributed by atoms with E-state index in [9.17, 15) is 0 Å². The third-order valence-electron chi connectivity index (χ3n) is 2.80. The third kappa shape index (κ3) is 8.15. The van der Waals surface area contributed by atoms with E-state index in [2.05, 4.69) is 22.8 Å². The van der Waals surface area contributed by atoms with Crippen molar-refractivity contribution in [1.29, 1.82) is 0 Å². The van der Waals surface area contributed by atoms with Gasteiger partial charge in [0.05, 0.1) is 6.10 Å². The summed E-state index contributed by atoms with van der Waals surface area (Å²) in [6.07, 6.45) is 1.29. The average molecular weight is 280 g/mol. The van der Waals surface area contributed by atoms with Crippen molar-refractivity contribution in [3.63, 3.8) is 0 Å². The number of nitrogens with one attached hydrogen (secondary N) is 2. The summed E-state index contributed by atoms with van der Waals surface area (Å²) in [5, 5.41) is 6.79. The molecule has 0 aromatic heterocycles. The fourth-order valence-electron chi connectivity index (χ4n) is 1.83. The van der Waals surface area contributed by atoms with E-state index >= 15 is 0 Å². The zero-order chi connectivity index (χ0) is 14.6. The monoisotopic (exact) mass is 280 g/mol. The van der Waals surface area contributed by atoms with Gasteiger partial charge in [-0.25, -0.2) is 0 Å². The van der Waals surface area contributed by atoms with Crippen molar-refractivity contribution in [3.05, 3.63) is 29.8 Å². The standard InChI is InChI=1S/C16H28N2O2/c1-14(2)20-16-7-5-15(6-8-16)13-18-11-10-17-9-4-12-19-3/h5-8,14,17-18H,4,9-13H2,1-3H3. The molecule has 0 radical (unpaired) electrons. The molecule has 0 aliphatic heterocycles. The molecule has 0 bridgehead atoms. The van der Waals surface area contributed by atoms with Crippen molar-refractivity contribution < 1.29 is 9.47 Å². The number of ether oxygens (including phenoxy) is 2. The summed E-state index contributed by atoms with van der Waals surface area (Å²) >= 11 is 0. The highest BCUT2D eigenvalue weighted by molar-refractivity contribution is 5.27. The highest BCUT2D eigenvalue weighted by Crippen LogP contribution is 2.13. The summed E-state index contributed by atoms with van der Waals surface area (Å²) in [7, 11) is 1.74. The van der Waals surface area contributed by atoms with Crippen molar-refractivity contribution in [2.75, 3.05) is 33.4 Å². The highest BCUT2D eigenvalue weighted by atomic mass is 16.5. The van der Waals surface area contributed by atoms with Gasteiger partial charge < -0.3 is 20.1 Å². The molecular weight excluding hydrogens is 252 g/mol. The van der Waals surface area contributed by atoms with Crippen LogP contribution in [0.25, 0.3) is 0 Å². The normalized spacial score (nSPS) is 11.0. The lowest BCUT2D eigenvalue weighted by atomic mass is 10.2. The molecule has 0 aliphatic carbocycles. The maximum absolute atomic E-state index is 5.62. The van der Waals surface area contributed by atoms with Crippen LogP contribution in [0.1, 0.15) is 25.8 Å². The second-order valence-electron chi connectivity index (χ2n) is 5.08. The van der Waals surface area contributed by atoms with Gasteiger partial charge in [-0.15, -0.1) is 0 Å².